The molecule has 2 aromatic carbocycles. The zero-order valence-electron chi connectivity index (χ0n) is 21.7. The van der Waals surface area contributed by atoms with E-state index in [9.17, 15) is 29.2 Å². The number of benzene rings is 2. The summed E-state index contributed by atoms with van der Waals surface area (Å²) < 4.78 is 45.1. The number of carboxylic acid groups (broad SMARTS) is 1. The fourth-order valence-electron chi connectivity index (χ4n) is 6.85. The topological polar surface area (TPSA) is 126 Å². The first-order valence-electron chi connectivity index (χ1n) is 13.4. The van der Waals surface area contributed by atoms with E-state index in [0.717, 1.165) is 37.8 Å². The molecule has 0 radical (unpaired) electrons. The van der Waals surface area contributed by atoms with Crippen molar-refractivity contribution in [1.29, 1.82) is 10.5 Å². The van der Waals surface area contributed by atoms with Crippen LogP contribution >= 0.6 is 0 Å². The average molecular weight is 556 g/mol. The molecule has 2 aromatic heterocycles. The number of hydrogen-bond acceptors (Lipinski definition) is 5. The molecule has 3 saturated carbocycles. The number of hydrogen-bond donors (Lipinski definition) is 3. The average Bonchev–Trinajstić information content (AvgIpc) is 3.40. The first-order valence-corrected chi connectivity index (χ1v) is 13.4. The Morgan fingerprint density at radius 3 is 2.49 bits per heavy atom. The van der Waals surface area contributed by atoms with E-state index in [1.54, 1.807) is 12.1 Å². The number of carboxylic acids is 1. The zero-order valence-corrected chi connectivity index (χ0v) is 21.7. The maximum absolute atomic E-state index is 16.4. The van der Waals surface area contributed by atoms with Gasteiger partial charge >= 0.3 is 5.97 Å². The van der Waals surface area contributed by atoms with Crippen LogP contribution in [0.1, 0.15) is 36.8 Å². The highest BCUT2D eigenvalue weighted by atomic mass is 19.1. The molecule has 7 nitrogen and oxygen atoms in total. The first kappa shape index (κ1) is 26.4. The number of rotatable bonds is 6. The van der Waals surface area contributed by atoms with Crippen LogP contribution in [-0.4, -0.2) is 27.6 Å². The van der Waals surface area contributed by atoms with E-state index in [0.29, 0.717) is 0 Å². The molecule has 206 valence electrons. The molecule has 2 atom stereocenters. The van der Waals surface area contributed by atoms with E-state index in [1.807, 2.05) is 12.1 Å². The molecule has 2 bridgehead atoms. The lowest BCUT2D eigenvalue weighted by atomic mass is 9.58. The summed E-state index contributed by atoms with van der Waals surface area (Å²) in [6.45, 7) is 0.143. The van der Waals surface area contributed by atoms with Crippen molar-refractivity contribution in [3.8, 4) is 34.5 Å². The van der Waals surface area contributed by atoms with Gasteiger partial charge in [-0.25, -0.2) is 18.2 Å². The Bertz CT molecular complexity index is 1780. The molecule has 4 aromatic rings. The van der Waals surface area contributed by atoms with Crippen molar-refractivity contribution >= 4 is 22.7 Å². The lowest BCUT2D eigenvalue weighted by Gasteiger charge is -2.46. The standard InChI is InChI=1S/C31H24F3N5O2/c32-18-9-20-23(14-37-29(20)24(33)10-18)28-21(12-36)26(19-4-2-1-3-17(19)11-35)27(34)30(39-28)38-13-22-15-5-7-16(8-6-15)25(22)31(40)41/h1-4,9-10,14-16,22,25,37H,5-8,13H2,(H,38,39)(H,40,41)/t15?,16?,22?,25-/m1/s1. The molecule has 0 spiro atoms. The summed E-state index contributed by atoms with van der Waals surface area (Å²) >= 11 is 0. The van der Waals surface area contributed by atoms with E-state index in [-0.39, 0.29) is 74.5 Å². The minimum Gasteiger partial charge on any atom is -0.481 e. The number of nitrogens with zero attached hydrogens (tertiary/aromatic N) is 3. The second-order valence-corrected chi connectivity index (χ2v) is 10.7. The predicted octanol–water partition coefficient (Wildman–Crippen LogP) is 6.61. The molecule has 0 aliphatic heterocycles. The number of nitriles is 2. The molecule has 3 fully saturated rings. The van der Waals surface area contributed by atoms with Crippen molar-refractivity contribution < 1.29 is 23.1 Å². The van der Waals surface area contributed by atoms with Crippen LogP contribution in [-0.2, 0) is 4.79 Å². The van der Waals surface area contributed by atoms with Gasteiger partial charge in [0.15, 0.2) is 11.6 Å². The van der Waals surface area contributed by atoms with Gasteiger partial charge in [-0.2, -0.15) is 10.5 Å². The third-order valence-electron chi connectivity index (χ3n) is 8.71. The van der Waals surface area contributed by atoms with Crippen LogP contribution in [0.3, 0.4) is 0 Å². The smallest absolute Gasteiger partial charge is 0.307 e. The number of carbonyl (C=O) groups is 1. The molecular weight excluding hydrogens is 531 g/mol. The number of aromatic nitrogens is 2. The maximum Gasteiger partial charge on any atom is 0.307 e. The number of fused-ring (bicyclic) bond motifs is 4. The van der Waals surface area contributed by atoms with Crippen LogP contribution in [0.15, 0.2) is 42.6 Å². The van der Waals surface area contributed by atoms with Crippen LogP contribution < -0.4 is 5.32 Å². The van der Waals surface area contributed by atoms with Crippen LogP contribution in [0.25, 0.3) is 33.3 Å². The van der Waals surface area contributed by atoms with Crippen molar-refractivity contribution in [2.45, 2.75) is 25.7 Å². The van der Waals surface area contributed by atoms with Crippen LogP contribution in [0, 0.1) is 63.8 Å². The first-order chi connectivity index (χ1) is 19.8. The normalized spacial score (nSPS) is 21.4. The number of pyridine rings is 1. The Hall–Kier alpha value is -4.83. The lowest BCUT2D eigenvalue weighted by Crippen LogP contribution is -2.46. The van der Waals surface area contributed by atoms with Gasteiger partial charge in [0, 0.05) is 40.9 Å². The fraction of sp³-hybridized carbons (Fsp3) is 0.290. The van der Waals surface area contributed by atoms with Gasteiger partial charge in [-0.1, -0.05) is 18.2 Å². The van der Waals surface area contributed by atoms with Crippen LogP contribution in [0.2, 0.25) is 0 Å². The zero-order chi connectivity index (χ0) is 28.8. The lowest BCUT2D eigenvalue weighted by molar-refractivity contribution is -0.151. The number of nitrogens with one attached hydrogen (secondary N) is 2. The van der Waals surface area contributed by atoms with Gasteiger partial charge in [0.2, 0.25) is 0 Å². The van der Waals surface area contributed by atoms with Gasteiger partial charge in [0.1, 0.15) is 17.7 Å². The largest absolute Gasteiger partial charge is 0.481 e. The van der Waals surface area contributed by atoms with Gasteiger partial charge in [-0.15, -0.1) is 0 Å². The summed E-state index contributed by atoms with van der Waals surface area (Å²) in [7, 11) is 0. The highest BCUT2D eigenvalue weighted by molar-refractivity contribution is 5.98. The van der Waals surface area contributed by atoms with E-state index in [2.05, 4.69) is 15.3 Å². The molecular formula is C31H24F3N5O2. The van der Waals surface area contributed by atoms with E-state index in [1.165, 1.54) is 18.3 Å². The fourth-order valence-corrected chi connectivity index (χ4v) is 6.85. The predicted molar refractivity (Wildman–Crippen MR) is 145 cm³/mol. The molecule has 10 heteroatoms. The van der Waals surface area contributed by atoms with Crippen molar-refractivity contribution in [1.82, 2.24) is 9.97 Å². The van der Waals surface area contributed by atoms with Crippen LogP contribution in [0.4, 0.5) is 19.0 Å². The van der Waals surface area contributed by atoms with E-state index < -0.39 is 29.3 Å². The van der Waals surface area contributed by atoms with Gasteiger partial charge in [-0.05, 0) is 55.6 Å². The van der Waals surface area contributed by atoms with Gasteiger partial charge < -0.3 is 15.4 Å². The van der Waals surface area contributed by atoms with E-state index >= 15 is 4.39 Å². The highest BCUT2D eigenvalue weighted by Crippen LogP contribution is 2.49. The molecule has 0 saturated heterocycles. The molecule has 0 amide bonds. The van der Waals surface area contributed by atoms with Crippen LogP contribution in [0.5, 0.6) is 0 Å². The Kier molecular flexibility index (Phi) is 6.63. The van der Waals surface area contributed by atoms with Crippen molar-refractivity contribution in [2.75, 3.05) is 11.9 Å². The summed E-state index contributed by atoms with van der Waals surface area (Å²) in [6, 6.07) is 12.1. The molecule has 3 aliphatic rings. The minimum atomic E-state index is -0.877. The Labute approximate surface area is 233 Å². The summed E-state index contributed by atoms with van der Waals surface area (Å²) in [5, 5.41) is 33.1. The number of aromatic amines is 1. The van der Waals surface area contributed by atoms with Gasteiger partial charge in [0.05, 0.1) is 34.3 Å². The number of anilines is 1. The number of aliphatic carboxylic acids is 1. The number of halogens is 3. The van der Waals surface area contributed by atoms with Crippen molar-refractivity contribution in [2.24, 2.45) is 23.7 Å². The summed E-state index contributed by atoms with van der Waals surface area (Å²) in [4.78, 5) is 19.4. The Morgan fingerprint density at radius 1 is 1.05 bits per heavy atom. The third kappa shape index (κ3) is 4.36. The Morgan fingerprint density at radius 2 is 1.78 bits per heavy atom. The molecule has 3 N–H and O–H groups in total. The molecule has 7 rings (SSSR count). The summed E-state index contributed by atoms with van der Waals surface area (Å²) in [5.74, 6) is -4.23. The van der Waals surface area contributed by atoms with Crippen molar-refractivity contribution in [3.63, 3.8) is 0 Å². The second-order valence-electron chi connectivity index (χ2n) is 10.7. The monoisotopic (exact) mass is 555 g/mol. The quantitative estimate of drug-likeness (QED) is 0.246. The summed E-state index contributed by atoms with van der Waals surface area (Å²) in [6.07, 6.45) is 4.90. The maximum atomic E-state index is 16.4. The van der Waals surface area contributed by atoms with Crippen molar-refractivity contribution in [3.05, 3.63) is 71.2 Å². The van der Waals surface area contributed by atoms with Gasteiger partial charge in [-0.3, -0.25) is 4.79 Å². The number of H-pyrrole nitrogens is 1. The summed E-state index contributed by atoms with van der Waals surface area (Å²) in [5.41, 5.74) is 0.0343. The molecule has 3 aliphatic carbocycles. The minimum absolute atomic E-state index is 0.00701. The van der Waals surface area contributed by atoms with E-state index in [4.69, 9.17) is 0 Å². The molecule has 1 unspecified atom stereocenters. The van der Waals surface area contributed by atoms with Gasteiger partial charge in [0.25, 0.3) is 0 Å². The molecule has 2 heterocycles. The molecule has 41 heavy (non-hydrogen) atoms. The Balaban J connectivity index is 1.53. The second kappa shape index (κ2) is 10.3. The highest BCUT2D eigenvalue weighted by Gasteiger charge is 2.47. The third-order valence-corrected chi connectivity index (χ3v) is 8.71. The SMILES string of the molecule is N#Cc1ccccc1-c1c(F)c(NCC2C3CCC(CC3)[C@H]2C(=O)O)nc(-c2c[nH]c3c(F)cc(F)cc23)c1C#N.